The molecular weight excluding hydrogens is 565 g/mol. The van der Waals surface area contributed by atoms with Crippen molar-refractivity contribution in [1.29, 1.82) is 0 Å². The molecule has 0 aliphatic rings. The summed E-state index contributed by atoms with van der Waals surface area (Å²) in [7, 11) is -7.42. The average molecular weight is 588 g/mol. The van der Waals surface area contributed by atoms with E-state index in [0.717, 1.165) is 19.6 Å². The van der Waals surface area contributed by atoms with E-state index in [1.54, 1.807) is 4.90 Å². The van der Waals surface area contributed by atoms with Gasteiger partial charge in [0.1, 0.15) is 19.6 Å². The Balaban J connectivity index is 0.000000285. The van der Waals surface area contributed by atoms with Crippen LogP contribution in [0.5, 0.6) is 0 Å². The van der Waals surface area contributed by atoms with Crippen molar-refractivity contribution >= 4 is 10.1 Å². The second-order valence-corrected chi connectivity index (χ2v) is 9.78. The predicted octanol–water partition coefficient (Wildman–Crippen LogP) is 5.43. The lowest BCUT2D eigenvalue weighted by Crippen LogP contribution is -3.08. The van der Waals surface area contributed by atoms with E-state index in [9.17, 15) is 52.5 Å². The van der Waals surface area contributed by atoms with E-state index in [4.69, 9.17) is 0 Å². The fourth-order valence-electron chi connectivity index (χ4n) is 3.36. The van der Waals surface area contributed by atoms with Crippen LogP contribution in [0.25, 0.3) is 0 Å². The van der Waals surface area contributed by atoms with Crippen LogP contribution in [-0.2, 0) is 29.8 Å². The molecule has 0 aromatic heterocycles. The number of benzene rings is 3. The van der Waals surface area contributed by atoms with E-state index in [2.05, 4.69) is 91.0 Å². The summed E-state index contributed by atoms with van der Waals surface area (Å²) in [5, 5.41) is -7.11. The van der Waals surface area contributed by atoms with Crippen LogP contribution in [0.4, 0.5) is 39.5 Å². The largest absolute Gasteiger partial charge is 0.743 e. The Hall–Kier alpha value is -3.10. The van der Waals surface area contributed by atoms with Gasteiger partial charge in [0.2, 0.25) is 0 Å². The minimum atomic E-state index is -7.43. The number of rotatable bonds is 9. The molecule has 214 valence electrons. The topological polar surface area (TPSA) is 61.6 Å². The molecule has 14 heteroatoms. The molecule has 0 heterocycles. The van der Waals surface area contributed by atoms with Crippen LogP contribution in [-0.4, -0.2) is 36.2 Å². The first-order valence-corrected chi connectivity index (χ1v) is 12.4. The highest BCUT2D eigenvalue weighted by Gasteiger charge is 2.83. The highest BCUT2D eigenvalue weighted by Crippen LogP contribution is 2.54. The molecule has 0 saturated carbocycles. The number of halogens is 9. The summed E-state index contributed by atoms with van der Waals surface area (Å²) in [5.74, 6) is -14.8. The summed E-state index contributed by atoms with van der Waals surface area (Å²) >= 11 is 0. The van der Waals surface area contributed by atoms with E-state index >= 15 is 0 Å². The van der Waals surface area contributed by atoms with Gasteiger partial charge in [-0.15, -0.1) is 0 Å². The van der Waals surface area contributed by atoms with Gasteiger partial charge in [-0.25, -0.2) is 8.42 Å². The molecule has 0 atom stereocenters. The van der Waals surface area contributed by atoms with Crippen molar-refractivity contribution in [2.75, 3.05) is 0 Å². The second kappa shape index (κ2) is 12.4. The third-order valence-corrected chi connectivity index (χ3v) is 6.21. The van der Waals surface area contributed by atoms with Crippen LogP contribution in [0.3, 0.4) is 0 Å². The summed E-state index contributed by atoms with van der Waals surface area (Å²) in [6, 6.07) is 32.3. The van der Waals surface area contributed by atoms with Gasteiger partial charge in [0.25, 0.3) is 0 Å². The minimum Gasteiger partial charge on any atom is -0.743 e. The first-order valence-electron chi connectivity index (χ1n) is 11.0. The van der Waals surface area contributed by atoms with Crippen LogP contribution >= 0.6 is 0 Å². The molecule has 3 aromatic rings. The third-order valence-electron chi connectivity index (χ3n) is 5.32. The first kappa shape index (κ1) is 32.1. The van der Waals surface area contributed by atoms with Crippen molar-refractivity contribution in [3.8, 4) is 0 Å². The monoisotopic (exact) mass is 587 g/mol. The molecule has 3 rings (SSSR count). The maximum atomic E-state index is 12.2. The molecule has 0 amide bonds. The van der Waals surface area contributed by atoms with Crippen LogP contribution in [0.2, 0.25) is 0 Å². The van der Waals surface area contributed by atoms with Crippen molar-refractivity contribution in [3.05, 3.63) is 108 Å². The lowest BCUT2D eigenvalue weighted by Gasteiger charge is -2.34. The number of hydrogen-bond acceptors (Lipinski definition) is 3. The lowest BCUT2D eigenvalue weighted by molar-refractivity contribution is -0.941. The minimum absolute atomic E-state index is 1.05. The maximum Gasteiger partial charge on any atom is 0.460 e. The molecule has 0 radical (unpaired) electrons. The Morgan fingerprint density at radius 3 is 1.05 bits per heavy atom. The number of nitrogens with one attached hydrogen (secondary N) is 1. The number of alkyl halides is 9. The molecule has 39 heavy (non-hydrogen) atoms. The van der Waals surface area contributed by atoms with Crippen molar-refractivity contribution in [2.45, 2.75) is 42.9 Å². The van der Waals surface area contributed by atoms with E-state index < -0.39 is 33.4 Å². The Morgan fingerprint density at radius 1 is 0.538 bits per heavy atom. The molecule has 0 bridgehead atoms. The Morgan fingerprint density at radius 2 is 0.821 bits per heavy atom. The van der Waals surface area contributed by atoms with Gasteiger partial charge in [-0.2, -0.15) is 39.5 Å². The summed E-state index contributed by atoms with van der Waals surface area (Å²) in [4.78, 5) is 1.56. The van der Waals surface area contributed by atoms with Crippen molar-refractivity contribution < 1.29 is 57.4 Å². The molecular formula is C25H22F9NO3S. The Bertz CT molecular complexity index is 1170. The van der Waals surface area contributed by atoms with Gasteiger partial charge in [0, 0.05) is 16.7 Å². The molecule has 0 fully saturated rings. The number of hydrogen-bond donors (Lipinski definition) is 1. The highest BCUT2D eigenvalue weighted by atomic mass is 32.2. The zero-order valence-corrected chi connectivity index (χ0v) is 20.6. The van der Waals surface area contributed by atoms with Crippen LogP contribution in [0, 0.1) is 0 Å². The van der Waals surface area contributed by atoms with Crippen LogP contribution < -0.4 is 4.90 Å². The van der Waals surface area contributed by atoms with Gasteiger partial charge in [-0.05, 0) is 0 Å². The normalized spacial score (nSPS) is 13.1. The summed E-state index contributed by atoms with van der Waals surface area (Å²) < 4.78 is 135. The SMILES string of the molecule is O=S(=O)([O-])C(F)(F)C(F)(F)C(F)(F)C(F)(F)F.c1ccc(C[NH+](Cc2ccccc2)Cc2ccccc2)cc1. The molecule has 0 aliphatic carbocycles. The van der Waals surface area contributed by atoms with E-state index in [1.165, 1.54) is 16.7 Å². The lowest BCUT2D eigenvalue weighted by atomic mass is 10.1. The molecule has 0 unspecified atom stereocenters. The van der Waals surface area contributed by atoms with Crippen molar-refractivity contribution in [1.82, 2.24) is 0 Å². The average Bonchev–Trinajstić information content (AvgIpc) is 2.85. The Kier molecular flexibility index (Phi) is 10.2. The predicted molar refractivity (Wildman–Crippen MR) is 122 cm³/mol. The fraction of sp³-hybridized carbons (Fsp3) is 0.280. The summed E-state index contributed by atoms with van der Waals surface area (Å²) in [5.41, 5.74) is 4.18. The Labute approximate surface area is 218 Å². The fourth-order valence-corrected chi connectivity index (χ4v) is 3.80. The van der Waals surface area contributed by atoms with Crippen LogP contribution in [0.1, 0.15) is 16.7 Å². The van der Waals surface area contributed by atoms with E-state index in [1.807, 2.05) is 0 Å². The molecule has 0 saturated heterocycles. The van der Waals surface area contributed by atoms with Crippen LogP contribution in [0.15, 0.2) is 91.0 Å². The summed E-state index contributed by atoms with van der Waals surface area (Å²) in [6.45, 7) is 3.14. The molecule has 4 nitrogen and oxygen atoms in total. The van der Waals surface area contributed by atoms with Gasteiger partial charge in [-0.3, -0.25) is 0 Å². The van der Waals surface area contributed by atoms with E-state index in [-0.39, 0.29) is 0 Å². The maximum absolute atomic E-state index is 12.2. The zero-order valence-electron chi connectivity index (χ0n) is 19.8. The van der Waals surface area contributed by atoms with Gasteiger partial charge in [0.05, 0.1) is 0 Å². The van der Waals surface area contributed by atoms with Gasteiger partial charge < -0.3 is 9.45 Å². The van der Waals surface area contributed by atoms with E-state index in [0.29, 0.717) is 0 Å². The standard InChI is InChI=1S/C21H21N.C4HF9O3S/c1-4-10-19(11-5-1)16-22(17-20-12-6-2-7-13-20)18-21-14-8-3-9-15-21;5-1(6,3(9,10)11)2(7,8)4(12,13)17(14,15)16/h1-15H,16-18H2;(H,14,15,16). The van der Waals surface area contributed by atoms with Crippen molar-refractivity contribution in [3.63, 3.8) is 0 Å². The van der Waals surface area contributed by atoms with Gasteiger partial charge in [-0.1, -0.05) is 91.0 Å². The first-order chi connectivity index (χ1) is 17.9. The van der Waals surface area contributed by atoms with Gasteiger partial charge in [0.15, 0.2) is 10.1 Å². The quantitative estimate of drug-likeness (QED) is 0.269. The third kappa shape index (κ3) is 7.96. The van der Waals surface area contributed by atoms with Gasteiger partial charge >= 0.3 is 23.3 Å². The molecule has 0 aliphatic heterocycles. The smallest absolute Gasteiger partial charge is 0.460 e. The summed E-state index contributed by atoms with van der Waals surface area (Å²) in [6.07, 6.45) is -7.16. The number of quaternary nitrogens is 1. The molecule has 1 N–H and O–H groups in total. The molecule has 3 aromatic carbocycles. The molecule has 0 spiro atoms. The highest BCUT2D eigenvalue weighted by molar-refractivity contribution is 7.86. The zero-order chi connectivity index (χ0) is 29.5. The second-order valence-electron chi connectivity index (χ2n) is 8.35. The van der Waals surface area contributed by atoms with Crippen molar-refractivity contribution in [2.24, 2.45) is 0 Å².